The molecule has 1 aromatic carbocycles. The van der Waals surface area contributed by atoms with Crippen molar-refractivity contribution in [3.8, 4) is 0 Å². The standard InChI is InChI=1S/C18H21N3O4/c1-3-14(22)13-10-15(25-11-12-8-6-5-7-9-12)17-19-16(20-21(13)17)18(23)24-4-2/h5-9,13,15H,3-4,10-11H2,1-2H3. The van der Waals surface area contributed by atoms with Gasteiger partial charge in [-0.05, 0) is 12.5 Å². The number of ether oxygens (including phenoxy) is 2. The van der Waals surface area contributed by atoms with Crippen molar-refractivity contribution >= 4 is 11.8 Å². The van der Waals surface area contributed by atoms with E-state index >= 15 is 0 Å². The molecule has 1 aliphatic rings. The summed E-state index contributed by atoms with van der Waals surface area (Å²) in [7, 11) is 0. The second-order valence-corrected chi connectivity index (χ2v) is 5.82. The smallest absolute Gasteiger partial charge is 0.378 e. The maximum Gasteiger partial charge on any atom is 0.378 e. The van der Waals surface area contributed by atoms with Crippen LogP contribution in [-0.4, -0.2) is 33.1 Å². The predicted molar refractivity (Wildman–Crippen MR) is 88.9 cm³/mol. The maximum atomic E-state index is 12.2. The van der Waals surface area contributed by atoms with Gasteiger partial charge in [-0.1, -0.05) is 37.3 Å². The number of Topliss-reactive ketones (excluding diaryl/α,β-unsaturated/α-hetero) is 1. The van der Waals surface area contributed by atoms with Crippen LogP contribution in [0.5, 0.6) is 0 Å². The van der Waals surface area contributed by atoms with Gasteiger partial charge in [0.15, 0.2) is 11.6 Å². The molecule has 2 aromatic rings. The van der Waals surface area contributed by atoms with Crippen molar-refractivity contribution in [1.82, 2.24) is 14.8 Å². The zero-order chi connectivity index (χ0) is 17.8. The van der Waals surface area contributed by atoms with Crippen LogP contribution in [0.1, 0.15) is 60.8 Å². The topological polar surface area (TPSA) is 83.3 Å². The van der Waals surface area contributed by atoms with Crippen LogP contribution in [0.2, 0.25) is 0 Å². The lowest BCUT2D eigenvalue weighted by Crippen LogP contribution is -2.17. The van der Waals surface area contributed by atoms with Crippen molar-refractivity contribution in [1.29, 1.82) is 0 Å². The second kappa shape index (κ2) is 7.57. The van der Waals surface area contributed by atoms with Gasteiger partial charge >= 0.3 is 5.97 Å². The lowest BCUT2D eigenvalue weighted by atomic mass is 10.1. The van der Waals surface area contributed by atoms with Gasteiger partial charge in [0, 0.05) is 12.8 Å². The SMILES string of the molecule is CCOC(=O)c1nc2n(n1)C(C(=O)CC)CC2OCc1ccccc1. The molecule has 0 bridgehead atoms. The summed E-state index contributed by atoms with van der Waals surface area (Å²) in [6, 6.07) is 9.32. The van der Waals surface area contributed by atoms with E-state index in [0.717, 1.165) is 5.56 Å². The average Bonchev–Trinajstić information content (AvgIpc) is 3.20. The highest BCUT2D eigenvalue weighted by atomic mass is 16.5. The predicted octanol–water partition coefficient (Wildman–Crippen LogP) is 2.64. The number of benzene rings is 1. The number of ketones is 1. The van der Waals surface area contributed by atoms with E-state index in [1.54, 1.807) is 6.92 Å². The minimum Gasteiger partial charge on any atom is -0.460 e. The molecule has 0 fully saturated rings. The number of esters is 1. The van der Waals surface area contributed by atoms with Crippen molar-refractivity contribution in [2.75, 3.05) is 6.61 Å². The van der Waals surface area contributed by atoms with Crippen molar-refractivity contribution in [2.45, 2.75) is 45.4 Å². The summed E-state index contributed by atoms with van der Waals surface area (Å²) in [4.78, 5) is 28.4. The first-order chi connectivity index (χ1) is 12.1. The Hall–Kier alpha value is -2.54. The minimum atomic E-state index is -0.589. The minimum absolute atomic E-state index is 0.0289. The van der Waals surface area contributed by atoms with Gasteiger partial charge in [-0.2, -0.15) is 0 Å². The summed E-state index contributed by atoms with van der Waals surface area (Å²) in [6.07, 6.45) is 0.499. The zero-order valence-electron chi connectivity index (χ0n) is 14.3. The van der Waals surface area contributed by atoms with Gasteiger partial charge < -0.3 is 9.47 Å². The van der Waals surface area contributed by atoms with Crippen LogP contribution >= 0.6 is 0 Å². The first kappa shape index (κ1) is 17.3. The van der Waals surface area contributed by atoms with E-state index in [4.69, 9.17) is 9.47 Å². The number of hydrogen-bond acceptors (Lipinski definition) is 6. The number of carbonyl (C=O) groups excluding carboxylic acids is 2. The molecule has 7 nitrogen and oxygen atoms in total. The van der Waals surface area contributed by atoms with Gasteiger partial charge in [0.05, 0.1) is 13.2 Å². The van der Waals surface area contributed by atoms with Gasteiger partial charge in [0.1, 0.15) is 12.1 Å². The highest BCUT2D eigenvalue weighted by molar-refractivity contribution is 5.86. The zero-order valence-corrected chi connectivity index (χ0v) is 14.3. The molecule has 0 spiro atoms. The van der Waals surface area contributed by atoms with Gasteiger partial charge in [0.2, 0.25) is 0 Å². The Balaban J connectivity index is 1.81. The Morgan fingerprint density at radius 2 is 2.00 bits per heavy atom. The lowest BCUT2D eigenvalue weighted by molar-refractivity contribution is -0.122. The van der Waals surface area contributed by atoms with Crippen molar-refractivity contribution < 1.29 is 19.1 Å². The van der Waals surface area contributed by atoms with E-state index in [0.29, 0.717) is 25.3 Å². The second-order valence-electron chi connectivity index (χ2n) is 5.82. The summed E-state index contributed by atoms with van der Waals surface area (Å²) in [5, 5.41) is 4.20. The molecule has 0 aliphatic carbocycles. The third kappa shape index (κ3) is 3.61. The molecule has 0 amide bonds. The highest BCUT2D eigenvalue weighted by Gasteiger charge is 2.39. The number of nitrogens with zero attached hydrogens (tertiary/aromatic N) is 3. The number of hydrogen-bond donors (Lipinski definition) is 0. The van der Waals surface area contributed by atoms with Crippen molar-refractivity contribution in [3.05, 3.63) is 47.5 Å². The molecular weight excluding hydrogens is 322 g/mol. The Morgan fingerprint density at radius 3 is 2.68 bits per heavy atom. The quantitative estimate of drug-likeness (QED) is 0.719. The van der Waals surface area contributed by atoms with Crippen LogP contribution in [-0.2, 0) is 20.9 Å². The van der Waals surface area contributed by atoms with E-state index in [2.05, 4.69) is 10.1 Å². The molecule has 0 saturated carbocycles. The lowest BCUT2D eigenvalue weighted by Gasteiger charge is -2.11. The molecule has 0 saturated heterocycles. The molecule has 132 valence electrons. The molecule has 2 atom stereocenters. The molecule has 7 heteroatoms. The molecule has 25 heavy (non-hydrogen) atoms. The average molecular weight is 343 g/mol. The van der Waals surface area contributed by atoms with Gasteiger partial charge in [-0.15, -0.1) is 5.10 Å². The highest BCUT2D eigenvalue weighted by Crippen LogP contribution is 2.37. The Morgan fingerprint density at radius 1 is 1.24 bits per heavy atom. The van der Waals surface area contributed by atoms with Crippen LogP contribution < -0.4 is 0 Å². The monoisotopic (exact) mass is 343 g/mol. The summed E-state index contributed by atoms with van der Waals surface area (Å²) >= 11 is 0. The molecule has 0 radical (unpaired) electrons. The molecule has 2 unspecified atom stereocenters. The van der Waals surface area contributed by atoms with Gasteiger partial charge in [-0.25, -0.2) is 14.5 Å². The van der Waals surface area contributed by atoms with E-state index in [1.807, 2.05) is 37.3 Å². The Kier molecular flexibility index (Phi) is 5.23. The summed E-state index contributed by atoms with van der Waals surface area (Å²) < 4.78 is 12.4. The maximum absolute atomic E-state index is 12.2. The first-order valence-corrected chi connectivity index (χ1v) is 8.45. The molecule has 1 aliphatic heterocycles. The van der Waals surface area contributed by atoms with Crippen LogP contribution in [0.25, 0.3) is 0 Å². The molecule has 3 rings (SSSR count). The number of carbonyl (C=O) groups is 2. The van der Waals surface area contributed by atoms with Gasteiger partial charge in [0.25, 0.3) is 5.82 Å². The first-order valence-electron chi connectivity index (χ1n) is 8.45. The number of fused-ring (bicyclic) bond motifs is 1. The van der Waals surface area contributed by atoms with Gasteiger partial charge in [-0.3, -0.25) is 4.79 Å². The summed E-state index contributed by atoms with van der Waals surface area (Å²) in [5.74, 6) is -0.0641. The molecule has 1 aromatic heterocycles. The Bertz CT molecular complexity index is 757. The Labute approximate surface area is 146 Å². The van der Waals surface area contributed by atoms with E-state index in [9.17, 15) is 9.59 Å². The van der Waals surface area contributed by atoms with E-state index in [1.165, 1.54) is 4.68 Å². The van der Waals surface area contributed by atoms with Crippen molar-refractivity contribution in [2.24, 2.45) is 0 Å². The molecule has 0 N–H and O–H groups in total. The van der Waals surface area contributed by atoms with Crippen LogP contribution in [0.4, 0.5) is 0 Å². The van der Waals surface area contributed by atoms with Crippen LogP contribution in [0.3, 0.4) is 0 Å². The fraction of sp³-hybridized carbons (Fsp3) is 0.444. The third-order valence-corrected chi connectivity index (χ3v) is 4.15. The van der Waals surface area contributed by atoms with Crippen molar-refractivity contribution in [3.63, 3.8) is 0 Å². The van der Waals surface area contributed by atoms with E-state index in [-0.39, 0.29) is 24.3 Å². The molecular formula is C18H21N3O4. The molecule has 2 heterocycles. The number of rotatable bonds is 7. The van der Waals surface area contributed by atoms with Crippen LogP contribution in [0, 0.1) is 0 Å². The normalized spacial score (nSPS) is 18.8. The summed E-state index contributed by atoms with van der Waals surface area (Å²) in [6.45, 7) is 4.17. The van der Waals surface area contributed by atoms with E-state index < -0.39 is 12.0 Å². The fourth-order valence-corrected chi connectivity index (χ4v) is 2.89. The fourth-order valence-electron chi connectivity index (χ4n) is 2.89. The summed E-state index contributed by atoms with van der Waals surface area (Å²) in [5.41, 5.74) is 1.03. The van der Waals surface area contributed by atoms with Crippen LogP contribution in [0.15, 0.2) is 30.3 Å². The number of aromatic nitrogens is 3. The largest absolute Gasteiger partial charge is 0.460 e. The third-order valence-electron chi connectivity index (χ3n) is 4.15.